The third-order valence-corrected chi connectivity index (χ3v) is 5.13. The number of carbonyl (C=O) groups is 1. The molecule has 0 fully saturated rings. The fraction of sp³-hybridized carbons (Fsp3) is 0.409. The Morgan fingerprint density at radius 3 is 2.42 bits per heavy atom. The van der Waals surface area contributed by atoms with Gasteiger partial charge in [0.05, 0.1) is 20.3 Å². The van der Waals surface area contributed by atoms with Crippen LogP contribution in [0.4, 0.5) is 0 Å². The van der Waals surface area contributed by atoms with Crippen molar-refractivity contribution in [3.8, 4) is 11.5 Å². The van der Waals surface area contributed by atoms with Crippen molar-refractivity contribution in [3.05, 3.63) is 58.7 Å². The Morgan fingerprint density at radius 2 is 1.73 bits per heavy atom. The van der Waals surface area contributed by atoms with Crippen LogP contribution in [0.1, 0.15) is 59.3 Å². The van der Waals surface area contributed by atoms with Crippen LogP contribution in [-0.2, 0) is 12.8 Å². The van der Waals surface area contributed by atoms with Gasteiger partial charge in [-0.25, -0.2) is 0 Å². The minimum atomic E-state index is -0.101. The van der Waals surface area contributed by atoms with Crippen molar-refractivity contribution in [2.75, 3.05) is 14.2 Å². The second-order valence-electron chi connectivity index (χ2n) is 6.74. The number of ether oxygens (including phenoxy) is 2. The average Bonchev–Trinajstić information content (AvgIpc) is 2.70. The van der Waals surface area contributed by atoms with E-state index in [1.807, 2.05) is 0 Å². The number of aryl methyl sites for hydroxylation is 2. The largest absolute Gasteiger partial charge is 0.493 e. The van der Waals surface area contributed by atoms with E-state index < -0.39 is 0 Å². The van der Waals surface area contributed by atoms with Crippen LogP contribution in [0.2, 0.25) is 0 Å². The molecule has 1 aliphatic rings. The van der Waals surface area contributed by atoms with Crippen LogP contribution in [0, 0.1) is 0 Å². The molecule has 0 saturated heterocycles. The maximum absolute atomic E-state index is 12.7. The lowest BCUT2D eigenvalue weighted by Crippen LogP contribution is -2.28. The molecule has 1 aliphatic carbocycles. The Labute approximate surface area is 155 Å². The molecule has 0 unspecified atom stereocenters. The lowest BCUT2D eigenvalue weighted by atomic mass is 9.88. The van der Waals surface area contributed by atoms with E-state index in [-0.39, 0.29) is 11.9 Å². The molecule has 2 aromatic carbocycles. The lowest BCUT2D eigenvalue weighted by molar-refractivity contribution is 0.0935. The smallest absolute Gasteiger partial charge is 0.251 e. The first-order valence-corrected chi connectivity index (χ1v) is 9.30. The van der Waals surface area contributed by atoms with Crippen LogP contribution >= 0.6 is 0 Å². The van der Waals surface area contributed by atoms with E-state index in [4.69, 9.17) is 9.47 Å². The Hall–Kier alpha value is -2.49. The average molecular weight is 353 g/mol. The summed E-state index contributed by atoms with van der Waals surface area (Å²) in [5.74, 6) is 1.07. The molecular weight excluding hydrogens is 326 g/mol. The Kier molecular flexibility index (Phi) is 5.82. The highest BCUT2D eigenvalue weighted by Gasteiger charge is 2.18. The molecule has 2 aromatic rings. The molecule has 0 radical (unpaired) electrons. The fourth-order valence-electron chi connectivity index (χ4n) is 3.61. The highest BCUT2D eigenvalue weighted by molar-refractivity contribution is 5.95. The summed E-state index contributed by atoms with van der Waals surface area (Å²) < 4.78 is 10.5. The third-order valence-electron chi connectivity index (χ3n) is 5.13. The van der Waals surface area contributed by atoms with E-state index in [9.17, 15) is 4.79 Å². The maximum Gasteiger partial charge on any atom is 0.251 e. The van der Waals surface area contributed by atoms with Gasteiger partial charge in [-0.05, 0) is 67.0 Å². The fourth-order valence-corrected chi connectivity index (χ4v) is 3.61. The summed E-state index contributed by atoms with van der Waals surface area (Å²) in [6, 6.07) is 11.9. The second-order valence-corrected chi connectivity index (χ2v) is 6.74. The second kappa shape index (κ2) is 8.26. The number of benzene rings is 2. The number of hydrogen-bond donors (Lipinski definition) is 1. The normalized spacial score (nSPS) is 14.3. The van der Waals surface area contributed by atoms with Crippen LogP contribution in [0.3, 0.4) is 0 Å². The van der Waals surface area contributed by atoms with Crippen molar-refractivity contribution in [3.63, 3.8) is 0 Å². The molecular formula is C22H27NO3. The van der Waals surface area contributed by atoms with Gasteiger partial charge in [-0.15, -0.1) is 0 Å². The first-order valence-electron chi connectivity index (χ1n) is 9.30. The van der Waals surface area contributed by atoms with Crippen LogP contribution < -0.4 is 14.8 Å². The first-order chi connectivity index (χ1) is 12.7. The number of carbonyl (C=O) groups excluding carboxylic acids is 1. The molecule has 1 N–H and O–H groups in total. The van der Waals surface area contributed by atoms with Gasteiger partial charge in [0.15, 0.2) is 11.5 Å². The molecule has 0 aromatic heterocycles. The molecule has 3 rings (SSSR count). The van der Waals surface area contributed by atoms with Crippen LogP contribution in [0.25, 0.3) is 0 Å². The number of fused-ring (bicyclic) bond motifs is 1. The summed E-state index contributed by atoms with van der Waals surface area (Å²) in [5.41, 5.74) is 4.65. The lowest BCUT2D eigenvalue weighted by Gasteiger charge is -2.22. The maximum atomic E-state index is 12.7. The molecule has 0 saturated carbocycles. The highest BCUT2D eigenvalue weighted by Crippen LogP contribution is 2.29. The van der Waals surface area contributed by atoms with Gasteiger partial charge in [0.2, 0.25) is 0 Å². The van der Waals surface area contributed by atoms with Gasteiger partial charge < -0.3 is 14.8 Å². The van der Waals surface area contributed by atoms with Crippen LogP contribution in [0.5, 0.6) is 11.5 Å². The van der Waals surface area contributed by atoms with E-state index in [1.165, 1.54) is 36.0 Å². The predicted octanol–water partition coefficient (Wildman–Crippen LogP) is 4.46. The minimum Gasteiger partial charge on any atom is -0.493 e. The molecule has 4 nitrogen and oxygen atoms in total. The SMILES string of the molecule is CC[C@H](NC(=O)c1ccc(OC)c(OC)c1)c1ccc2c(c1)CCCC2. The summed E-state index contributed by atoms with van der Waals surface area (Å²) in [6.45, 7) is 2.10. The van der Waals surface area contributed by atoms with Crippen molar-refractivity contribution in [2.24, 2.45) is 0 Å². The van der Waals surface area contributed by atoms with E-state index >= 15 is 0 Å². The van der Waals surface area contributed by atoms with Crippen LogP contribution in [-0.4, -0.2) is 20.1 Å². The van der Waals surface area contributed by atoms with Gasteiger partial charge in [-0.3, -0.25) is 4.79 Å². The number of methoxy groups -OCH3 is 2. The molecule has 26 heavy (non-hydrogen) atoms. The highest BCUT2D eigenvalue weighted by atomic mass is 16.5. The van der Waals surface area contributed by atoms with Crippen molar-refractivity contribution in [2.45, 2.75) is 45.1 Å². The zero-order valence-corrected chi connectivity index (χ0v) is 15.8. The minimum absolute atomic E-state index is 0.00261. The van der Waals surface area contributed by atoms with Gasteiger partial charge in [-0.1, -0.05) is 25.1 Å². The van der Waals surface area contributed by atoms with Gasteiger partial charge in [0.1, 0.15) is 0 Å². The quantitative estimate of drug-likeness (QED) is 0.834. The number of rotatable bonds is 6. The summed E-state index contributed by atoms with van der Waals surface area (Å²) in [5, 5.41) is 3.16. The summed E-state index contributed by atoms with van der Waals surface area (Å²) in [7, 11) is 3.16. The number of amides is 1. The van der Waals surface area contributed by atoms with Crippen LogP contribution in [0.15, 0.2) is 36.4 Å². The van der Waals surface area contributed by atoms with E-state index in [0.29, 0.717) is 17.1 Å². The summed E-state index contributed by atoms with van der Waals surface area (Å²) >= 11 is 0. The Bertz CT molecular complexity index is 785. The molecule has 1 amide bonds. The third kappa shape index (κ3) is 3.85. The van der Waals surface area contributed by atoms with Gasteiger partial charge in [-0.2, -0.15) is 0 Å². The number of nitrogens with one attached hydrogen (secondary N) is 1. The molecule has 1 atom stereocenters. The van der Waals surface area contributed by atoms with E-state index in [1.54, 1.807) is 32.4 Å². The predicted molar refractivity (Wildman–Crippen MR) is 103 cm³/mol. The number of hydrogen-bond acceptors (Lipinski definition) is 3. The Balaban J connectivity index is 1.78. The monoisotopic (exact) mass is 353 g/mol. The van der Waals surface area contributed by atoms with Crippen molar-refractivity contribution in [1.82, 2.24) is 5.32 Å². The summed E-state index contributed by atoms with van der Waals surface area (Å²) in [6.07, 6.45) is 5.69. The van der Waals surface area contributed by atoms with Gasteiger partial charge in [0, 0.05) is 5.56 Å². The molecule has 0 aliphatic heterocycles. The van der Waals surface area contributed by atoms with Crippen molar-refractivity contribution in [1.29, 1.82) is 0 Å². The van der Waals surface area contributed by atoms with Gasteiger partial charge in [0.25, 0.3) is 5.91 Å². The van der Waals surface area contributed by atoms with Crippen molar-refractivity contribution < 1.29 is 14.3 Å². The standard InChI is InChI=1S/C22H27NO3/c1-4-19(17-10-9-15-7-5-6-8-16(15)13-17)23-22(24)18-11-12-20(25-2)21(14-18)26-3/h9-14,19H,4-8H2,1-3H3,(H,23,24)/t19-/m0/s1. The molecule has 4 heteroatoms. The topological polar surface area (TPSA) is 47.6 Å². The van der Waals surface area contributed by atoms with Gasteiger partial charge >= 0.3 is 0 Å². The summed E-state index contributed by atoms with van der Waals surface area (Å²) in [4.78, 5) is 12.7. The molecule has 0 spiro atoms. The van der Waals surface area contributed by atoms with Crippen molar-refractivity contribution >= 4 is 5.91 Å². The van der Waals surface area contributed by atoms with E-state index in [0.717, 1.165) is 12.8 Å². The zero-order valence-electron chi connectivity index (χ0n) is 15.8. The van der Waals surface area contributed by atoms with E-state index in [2.05, 4.69) is 30.4 Å². The molecule has 0 bridgehead atoms. The Morgan fingerprint density at radius 1 is 1.00 bits per heavy atom. The molecule has 0 heterocycles. The first kappa shape index (κ1) is 18.3. The zero-order chi connectivity index (χ0) is 18.5. The molecule has 138 valence electrons.